The summed E-state index contributed by atoms with van der Waals surface area (Å²) in [7, 11) is 0. The van der Waals surface area contributed by atoms with Crippen LogP contribution in [0.4, 0.5) is 4.79 Å². The molecule has 3 atom stereocenters. The zero-order chi connectivity index (χ0) is 20.8. The fourth-order valence-electron chi connectivity index (χ4n) is 3.53. The topological polar surface area (TPSA) is 97.4 Å². The Balaban J connectivity index is 1.58. The molecule has 2 aromatic rings. The predicted molar refractivity (Wildman–Crippen MR) is 112 cm³/mol. The Labute approximate surface area is 174 Å². The standard InChI is InChI=1S/C21H27N3O4S/c1-3-13(2)22-21(27)24-18(25)12-28-20(26)15-9-5-4-8-14(15)19-23-16-10-6-7-11-17(16)29-19/h6-7,10-11,13-15H,3-5,8-9,12H2,1-2H3,(H2,22,24,25,27)/t13-,14-,15-/m0/s1. The van der Waals surface area contributed by atoms with E-state index in [9.17, 15) is 14.4 Å². The lowest BCUT2D eigenvalue weighted by molar-refractivity contribution is -0.154. The highest BCUT2D eigenvalue weighted by Gasteiger charge is 2.35. The maximum absolute atomic E-state index is 12.7. The third-order valence-corrected chi connectivity index (χ3v) is 6.45. The molecule has 0 unspecified atom stereocenters. The van der Waals surface area contributed by atoms with Gasteiger partial charge in [-0.15, -0.1) is 11.3 Å². The van der Waals surface area contributed by atoms with Crippen molar-refractivity contribution in [3.05, 3.63) is 29.3 Å². The number of carbonyl (C=O) groups is 3. The fraction of sp³-hybridized carbons (Fsp3) is 0.524. The highest BCUT2D eigenvalue weighted by Crippen LogP contribution is 2.41. The van der Waals surface area contributed by atoms with E-state index in [-0.39, 0.29) is 17.9 Å². The van der Waals surface area contributed by atoms with Crippen LogP contribution < -0.4 is 10.6 Å². The van der Waals surface area contributed by atoms with E-state index >= 15 is 0 Å². The van der Waals surface area contributed by atoms with Crippen LogP contribution in [0.25, 0.3) is 10.2 Å². The van der Waals surface area contributed by atoms with E-state index in [0.29, 0.717) is 0 Å². The third kappa shape index (κ3) is 5.53. The van der Waals surface area contributed by atoms with Gasteiger partial charge in [0.05, 0.1) is 21.1 Å². The highest BCUT2D eigenvalue weighted by atomic mass is 32.1. The first kappa shape index (κ1) is 21.2. The van der Waals surface area contributed by atoms with Gasteiger partial charge in [-0.25, -0.2) is 9.78 Å². The van der Waals surface area contributed by atoms with Crippen LogP contribution in [0.5, 0.6) is 0 Å². The minimum Gasteiger partial charge on any atom is -0.455 e. The van der Waals surface area contributed by atoms with Gasteiger partial charge in [-0.2, -0.15) is 0 Å². The number of hydrogen-bond acceptors (Lipinski definition) is 6. The number of benzene rings is 1. The van der Waals surface area contributed by atoms with Crippen molar-refractivity contribution >= 4 is 39.5 Å². The molecule has 1 aromatic carbocycles. The van der Waals surface area contributed by atoms with E-state index in [1.165, 1.54) is 0 Å². The molecule has 0 spiro atoms. The Bertz CT molecular complexity index is 849. The maximum Gasteiger partial charge on any atom is 0.321 e. The third-order valence-electron chi connectivity index (χ3n) is 5.28. The number of urea groups is 1. The number of para-hydroxylation sites is 1. The van der Waals surface area contributed by atoms with Crippen molar-refractivity contribution in [2.45, 2.75) is 57.9 Å². The number of ether oxygens (including phenoxy) is 1. The monoisotopic (exact) mass is 417 g/mol. The molecular formula is C21H27N3O4S. The van der Waals surface area contributed by atoms with E-state index < -0.39 is 24.5 Å². The Morgan fingerprint density at radius 3 is 2.76 bits per heavy atom. The average molecular weight is 418 g/mol. The van der Waals surface area contributed by atoms with Gasteiger partial charge in [0.25, 0.3) is 5.91 Å². The highest BCUT2D eigenvalue weighted by molar-refractivity contribution is 7.18. The summed E-state index contributed by atoms with van der Waals surface area (Å²) in [6.07, 6.45) is 4.34. The molecule has 0 saturated heterocycles. The number of esters is 1. The molecule has 3 rings (SSSR count). The molecule has 8 heteroatoms. The van der Waals surface area contributed by atoms with Gasteiger partial charge >= 0.3 is 12.0 Å². The van der Waals surface area contributed by atoms with E-state index in [1.807, 2.05) is 38.1 Å². The van der Waals surface area contributed by atoms with E-state index in [0.717, 1.165) is 47.3 Å². The molecule has 0 radical (unpaired) electrons. The van der Waals surface area contributed by atoms with Crippen molar-refractivity contribution in [2.24, 2.45) is 5.92 Å². The van der Waals surface area contributed by atoms with Crippen LogP contribution in [-0.2, 0) is 14.3 Å². The lowest BCUT2D eigenvalue weighted by Crippen LogP contribution is -2.45. The molecule has 1 fully saturated rings. The maximum atomic E-state index is 12.7. The van der Waals surface area contributed by atoms with Gasteiger partial charge in [0.2, 0.25) is 0 Å². The molecule has 1 heterocycles. The molecule has 7 nitrogen and oxygen atoms in total. The molecule has 156 valence electrons. The average Bonchev–Trinajstić information content (AvgIpc) is 3.16. The van der Waals surface area contributed by atoms with Crippen molar-refractivity contribution in [1.29, 1.82) is 0 Å². The van der Waals surface area contributed by atoms with Crippen molar-refractivity contribution < 1.29 is 19.1 Å². The van der Waals surface area contributed by atoms with Crippen LogP contribution >= 0.6 is 11.3 Å². The molecule has 2 N–H and O–H groups in total. The molecule has 1 aromatic heterocycles. The molecule has 0 bridgehead atoms. The lowest BCUT2D eigenvalue weighted by Gasteiger charge is -2.28. The Morgan fingerprint density at radius 2 is 2.00 bits per heavy atom. The summed E-state index contributed by atoms with van der Waals surface area (Å²) in [4.78, 5) is 41.0. The summed E-state index contributed by atoms with van der Waals surface area (Å²) < 4.78 is 6.35. The number of rotatable bonds is 6. The van der Waals surface area contributed by atoms with Gasteiger partial charge in [0.1, 0.15) is 0 Å². The quantitative estimate of drug-likeness (QED) is 0.698. The van der Waals surface area contributed by atoms with Gasteiger partial charge in [-0.05, 0) is 38.3 Å². The smallest absolute Gasteiger partial charge is 0.321 e. The molecule has 29 heavy (non-hydrogen) atoms. The Hall–Kier alpha value is -2.48. The SMILES string of the molecule is CC[C@H](C)NC(=O)NC(=O)COC(=O)[C@H]1CCCC[C@@H]1c1nc2ccccc2s1. The second-order valence-electron chi connectivity index (χ2n) is 7.46. The van der Waals surface area contributed by atoms with Crippen LogP contribution in [0.15, 0.2) is 24.3 Å². The summed E-state index contributed by atoms with van der Waals surface area (Å²) >= 11 is 1.61. The van der Waals surface area contributed by atoms with Crippen molar-refractivity contribution in [1.82, 2.24) is 15.6 Å². The molecule has 1 saturated carbocycles. The molecule has 3 amide bonds. The summed E-state index contributed by atoms with van der Waals surface area (Å²) in [5.41, 5.74) is 0.942. The number of thiazole rings is 1. The van der Waals surface area contributed by atoms with Gasteiger partial charge in [-0.1, -0.05) is 31.9 Å². The second-order valence-corrected chi connectivity index (χ2v) is 8.52. The van der Waals surface area contributed by atoms with Gasteiger partial charge < -0.3 is 10.1 Å². The number of nitrogens with one attached hydrogen (secondary N) is 2. The first-order valence-electron chi connectivity index (χ1n) is 10.1. The van der Waals surface area contributed by atoms with Crippen LogP contribution in [0, 0.1) is 5.92 Å². The number of aromatic nitrogens is 1. The van der Waals surface area contributed by atoms with Crippen LogP contribution in [0.1, 0.15) is 56.9 Å². The van der Waals surface area contributed by atoms with Crippen molar-refractivity contribution in [3.63, 3.8) is 0 Å². The molecule has 1 aliphatic carbocycles. The molecule has 0 aliphatic heterocycles. The van der Waals surface area contributed by atoms with Gasteiger partial charge in [0.15, 0.2) is 6.61 Å². The summed E-state index contributed by atoms with van der Waals surface area (Å²) in [5.74, 6) is -1.34. The first-order chi connectivity index (χ1) is 14.0. The van der Waals surface area contributed by atoms with Crippen molar-refractivity contribution in [3.8, 4) is 0 Å². The zero-order valence-electron chi connectivity index (χ0n) is 16.8. The number of fused-ring (bicyclic) bond motifs is 1. The lowest BCUT2D eigenvalue weighted by atomic mass is 9.79. The summed E-state index contributed by atoms with van der Waals surface area (Å²) in [6, 6.07) is 7.32. The van der Waals surface area contributed by atoms with Crippen LogP contribution in [0.2, 0.25) is 0 Å². The zero-order valence-corrected chi connectivity index (χ0v) is 17.6. The summed E-state index contributed by atoms with van der Waals surface area (Å²) in [5, 5.41) is 5.77. The van der Waals surface area contributed by atoms with Gasteiger partial charge in [0, 0.05) is 12.0 Å². The van der Waals surface area contributed by atoms with E-state index in [2.05, 4.69) is 10.6 Å². The first-order valence-corrected chi connectivity index (χ1v) is 10.9. The summed E-state index contributed by atoms with van der Waals surface area (Å²) in [6.45, 7) is 3.31. The molecule has 1 aliphatic rings. The largest absolute Gasteiger partial charge is 0.455 e. The Kier molecular flexibility index (Phi) is 7.19. The number of carbonyl (C=O) groups excluding carboxylic acids is 3. The minimum absolute atomic E-state index is 0.00501. The molecular weight excluding hydrogens is 390 g/mol. The van der Waals surface area contributed by atoms with Crippen LogP contribution in [0.3, 0.4) is 0 Å². The fourth-order valence-corrected chi connectivity index (χ4v) is 4.69. The normalized spacial score (nSPS) is 20.1. The number of hydrogen-bond donors (Lipinski definition) is 2. The predicted octanol–water partition coefficient (Wildman–Crippen LogP) is 3.74. The number of nitrogens with zero attached hydrogens (tertiary/aromatic N) is 1. The van der Waals surface area contributed by atoms with E-state index in [1.54, 1.807) is 11.3 Å². The Morgan fingerprint density at radius 1 is 1.24 bits per heavy atom. The second kappa shape index (κ2) is 9.82. The minimum atomic E-state index is -0.633. The van der Waals surface area contributed by atoms with Crippen LogP contribution in [-0.4, -0.2) is 35.5 Å². The number of imide groups is 1. The van der Waals surface area contributed by atoms with Crippen molar-refractivity contribution in [2.75, 3.05) is 6.61 Å². The van der Waals surface area contributed by atoms with Gasteiger partial charge in [-0.3, -0.25) is 14.9 Å². The van der Waals surface area contributed by atoms with E-state index in [4.69, 9.17) is 9.72 Å². The number of amides is 3.